The second-order valence-corrected chi connectivity index (χ2v) is 5.16. The van der Waals surface area contributed by atoms with Gasteiger partial charge >= 0.3 is 0 Å². The van der Waals surface area contributed by atoms with Crippen LogP contribution in [-0.4, -0.2) is 11.6 Å². The molecule has 0 rings (SSSR count). The maximum atomic E-state index is 11.3. The van der Waals surface area contributed by atoms with Crippen molar-refractivity contribution in [1.29, 1.82) is 0 Å². The molecule has 0 heterocycles. The summed E-state index contributed by atoms with van der Waals surface area (Å²) in [6.45, 7) is 7.79. The number of rotatable bonds is 9. The Morgan fingerprint density at radius 1 is 0.688 bits per heavy atom. The summed E-state index contributed by atoms with van der Waals surface area (Å²) in [5.74, 6) is 1.06. The van der Waals surface area contributed by atoms with Crippen LogP contribution in [0.3, 0.4) is 0 Å². The predicted molar refractivity (Wildman–Crippen MR) is 67.4 cm³/mol. The van der Waals surface area contributed by atoms with Gasteiger partial charge in [-0.15, -0.1) is 0 Å². The van der Waals surface area contributed by atoms with Crippen LogP contribution in [0.15, 0.2) is 0 Å². The summed E-state index contributed by atoms with van der Waals surface area (Å²) in [4.78, 5) is 22.6. The van der Waals surface area contributed by atoms with Crippen LogP contribution in [0.25, 0.3) is 0 Å². The lowest BCUT2D eigenvalue weighted by atomic mass is 10.00. The van der Waals surface area contributed by atoms with Gasteiger partial charge in [0, 0.05) is 24.7 Å². The van der Waals surface area contributed by atoms with Crippen molar-refractivity contribution in [3.05, 3.63) is 0 Å². The highest BCUT2D eigenvalue weighted by Gasteiger charge is 2.07. The van der Waals surface area contributed by atoms with Gasteiger partial charge in [0.05, 0.1) is 0 Å². The van der Waals surface area contributed by atoms with Gasteiger partial charge in [-0.1, -0.05) is 40.5 Å². The molecule has 0 saturated heterocycles. The van der Waals surface area contributed by atoms with E-state index in [2.05, 4.69) is 0 Å². The molecule has 0 bridgehead atoms. The molecule has 94 valence electrons. The van der Waals surface area contributed by atoms with Gasteiger partial charge in [-0.25, -0.2) is 0 Å². The molecule has 16 heavy (non-hydrogen) atoms. The van der Waals surface area contributed by atoms with E-state index in [4.69, 9.17) is 0 Å². The first-order chi connectivity index (χ1) is 7.45. The Balaban J connectivity index is 3.35. The number of hydrogen-bond donors (Lipinski definition) is 0. The Morgan fingerprint density at radius 2 is 1.00 bits per heavy atom. The molecule has 0 fully saturated rings. The Morgan fingerprint density at radius 3 is 1.25 bits per heavy atom. The van der Waals surface area contributed by atoms with Crippen LogP contribution < -0.4 is 0 Å². The summed E-state index contributed by atoms with van der Waals surface area (Å²) in [5, 5.41) is 0. The van der Waals surface area contributed by atoms with E-state index in [1.54, 1.807) is 0 Å². The minimum Gasteiger partial charge on any atom is -0.299 e. The van der Waals surface area contributed by atoms with Gasteiger partial charge in [-0.05, 0) is 12.8 Å². The number of Topliss-reactive ketones (excluding diaryl/α,β-unsaturated/α-hetero) is 2. The van der Waals surface area contributed by atoms with Crippen molar-refractivity contribution in [2.45, 2.75) is 66.2 Å². The topological polar surface area (TPSA) is 34.1 Å². The molecule has 0 atom stereocenters. The van der Waals surface area contributed by atoms with Gasteiger partial charge in [-0.2, -0.15) is 0 Å². The van der Waals surface area contributed by atoms with E-state index in [9.17, 15) is 9.59 Å². The molecular formula is C14H26O2. The molecule has 0 unspecified atom stereocenters. The fourth-order valence-corrected chi connectivity index (χ4v) is 1.53. The summed E-state index contributed by atoms with van der Waals surface area (Å²) >= 11 is 0. The zero-order valence-electron chi connectivity index (χ0n) is 11.2. The molecule has 0 aliphatic carbocycles. The number of carbonyl (C=O) groups excluding carboxylic acids is 2. The molecule has 0 aromatic carbocycles. The highest BCUT2D eigenvalue weighted by molar-refractivity contribution is 5.80. The molecule has 0 aromatic heterocycles. The van der Waals surface area contributed by atoms with Crippen molar-refractivity contribution in [3.63, 3.8) is 0 Å². The third kappa shape index (κ3) is 7.61. The number of ketones is 2. The summed E-state index contributed by atoms with van der Waals surface area (Å²) in [7, 11) is 0. The number of carbonyl (C=O) groups is 2. The smallest absolute Gasteiger partial charge is 0.135 e. The summed E-state index contributed by atoms with van der Waals surface area (Å²) in [6.07, 6.45) is 5.51. The fraction of sp³-hybridized carbons (Fsp3) is 0.857. The van der Waals surface area contributed by atoms with Crippen molar-refractivity contribution in [1.82, 2.24) is 0 Å². The van der Waals surface area contributed by atoms with Gasteiger partial charge in [0.2, 0.25) is 0 Å². The van der Waals surface area contributed by atoms with Crippen molar-refractivity contribution in [3.8, 4) is 0 Å². The third-order valence-electron chi connectivity index (χ3n) is 2.88. The van der Waals surface area contributed by atoms with E-state index in [1.165, 1.54) is 0 Å². The third-order valence-corrected chi connectivity index (χ3v) is 2.88. The number of unbranched alkanes of at least 4 members (excludes halogenated alkanes) is 3. The van der Waals surface area contributed by atoms with Crippen molar-refractivity contribution < 1.29 is 9.59 Å². The molecule has 0 aliphatic heterocycles. The highest BCUT2D eigenvalue weighted by Crippen LogP contribution is 2.10. The quantitative estimate of drug-likeness (QED) is 0.561. The molecule has 2 nitrogen and oxygen atoms in total. The Kier molecular flexibility index (Phi) is 8.14. The lowest BCUT2D eigenvalue weighted by Crippen LogP contribution is -2.07. The lowest BCUT2D eigenvalue weighted by Gasteiger charge is -2.05. The van der Waals surface area contributed by atoms with E-state index in [0.29, 0.717) is 24.4 Å². The Labute approximate surface area is 99.8 Å². The minimum atomic E-state index is 0.169. The van der Waals surface area contributed by atoms with Crippen molar-refractivity contribution >= 4 is 11.6 Å². The molecule has 0 radical (unpaired) electrons. The molecule has 0 amide bonds. The van der Waals surface area contributed by atoms with Gasteiger partial charge in [0.15, 0.2) is 0 Å². The summed E-state index contributed by atoms with van der Waals surface area (Å²) < 4.78 is 0. The fourth-order valence-electron chi connectivity index (χ4n) is 1.53. The molecule has 0 aliphatic rings. The Bertz CT molecular complexity index is 193. The number of hydrogen-bond acceptors (Lipinski definition) is 2. The Hall–Kier alpha value is -0.660. The SMILES string of the molecule is CC(C)C(=O)CCCCCCC(=O)C(C)C. The van der Waals surface area contributed by atoms with Crippen LogP contribution in [-0.2, 0) is 9.59 Å². The predicted octanol–water partition coefficient (Wildman–Crippen LogP) is 3.78. The van der Waals surface area contributed by atoms with Gasteiger partial charge in [0.1, 0.15) is 11.6 Å². The zero-order valence-corrected chi connectivity index (χ0v) is 11.2. The molecule has 0 saturated carbocycles. The van der Waals surface area contributed by atoms with Gasteiger partial charge < -0.3 is 0 Å². The molecular weight excluding hydrogens is 200 g/mol. The van der Waals surface area contributed by atoms with Crippen LogP contribution in [0.2, 0.25) is 0 Å². The van der Waals surface area contributed by atoms with Crippen LogP contribution in [0.5, 0.6) is 0 Å². The van der Waals surface area contributed by atoms with Crippen LogP contribution in [0.4, 0.5) is 0 Å². The summed E-state index contributed by atoms with van der Waals surface area (Å²) in [5.41, 5.74) is 0. The normalized spacial score (nSPS) is 11.1. The molecule has 2 heteroatoms. The van der Waals surface area contributed by atoms with Crippen molar-refractivity contribution in [2.75, 3.05) is 0 Å². The molecule has 0 aromatic rings. The average Bonchev–Trinajstić information content (AvgIpc) is 2.21. The molecule has 0 N–H and O–H groups in total. The van der Waals surface area contributed by atoms with Crippen molar-refractivity contribution in [2.24, 2.45) is 11.8 Å². The first kappa shape index (κ1) is 15.3. The average molecular weight is 226 g/mol. The van der Waals surface area contributed by atoms with E-state index < -0.39 is 0 Å². The maximum absolute atomic E-state index is 11.3. The van der Waals surface area contributed by atoms with E-state index in [1.807, 2.05) is 27.7 Å². The standard InChI is InChI=1S/C14H26O2/c1-11(2)13(15)9-7-5-6-8-10-14(16)12(3)4/h11-12H,5-10H2,1-4H3. The maximum Gasteiger partial charge on any atom is 0.135 e. The largest absolute Gasteiger partial charge is 0.299 e. The summed E-state index contributed by atoms with van der Waals surface area (Å²) in [6, 6.07) is 0. The monoisotopic (exact) mass is 226 g/mol. The van der Waals surface area contributed by atoms with Crippen LogP contribution >= 0.6 is 0 Å². The van der Waals surface area contributed by atoms with Crippen LogP contribution in [0, 0.1) is 11.8 Å². The molecule has 0 spiro atoms. The van der Waals surface area contributed by atoms with Gasteiger partial charge in [0.25, 0.3) is 0 Å². The van der Waals surface area contributed by atoms with Gasteiger partial charge in [-0.3, -0.25) is 9.59 Å². The minimum absolute atomic E-state index is 0.169. The zero-order chi connectivity index (χ0) is 12.6. The lowest BCUT2D eigenvalue weighted by molar-refractivity contribution is -0.123. The van der Waals surface area contributed by atoms with E-state index in [0.717, 1.165) is 25.7 Å². The first-order valence-electron chi connectivity index (χ1n) is 6.50. The first-order valence-corrected chi connectivity index (χ1v) is 6.50. The van der Waals surface area contributed by atoms with Crippen LogP contribution in [0.1, 0.15) is 66.2 Å². The second-order valence-electron chi connectivity index (χ2n) is 5.16. The van der Waals surface area contributed by atoms with E-state index in [-0.39, 0.29) is 11.8 Å². The highest BCUT2D eigenvalue weighted by atomic mass is 16.1. The second kappa shape index (κ2) is 8.49. The van der Waals surface area contributed by atoms with E-state index >= 15 is 0 Å².